The quantitative estimate of drug-likeness (QED) is 0.396. The Kier molecular flexibility index (Phi) is 5.83. The van der Waals surface area contributed by atoms with E-state index in [4.69, 9.17) is 4.74 Å². The largest absolute Gasteiger partial charge is 0.574 e. The minimum absolute atomic E-state index is 0.103. The van der Waals surface area contributed by atoms with Gasteiger partial charge in [0.1, 0.15) is 0 Å². The predicted octanol–water partition coefficient (Wildman–Crippen LogP) is 3.66. The monoisotopic (exact) mass is 453 g/mol. The number of nitrogens with zero attached hydrogens (tertiary/aromatic N) is 1. The fraction of sp³-hybridized carbons (Fsp3) is 0.400. The zero-order chi connectivity index (χ0) is 14.6. The second-order valence-electron chi connectivity index (χ2n) is 3.19. The Balaban J connectivity index is 3.22. The Morgan fingerprint density at radius 2 is 2.16 bits per heavy atom. The highest BCUT2D eigenvalue weighted by atomic mass is 127. The number of aromatic nitrogens is 1. The van der Waals surface area contributed by atoms with E-state index in [0.29, 0.717) is 5.56 Å². The van der Waals surface area contributed by atoms with Crippen molar-refractivity contribution in [2.45, 2.75) is 18.6 Å². The Hall–Kier alpha value is -0.580. The van der Waals surface area contributed by atoms with Gasteiger partial charge in [0, 0.05) is 5.33 Å². The molecule has 1 heterocycles. The van der Waals surface area contributed by atoms with Crippen LogP contribution >= 0.6 is 38.5 Å². The zero-order valence-corrected chi connectivity index (χ0v) is 13.3. The van der Waals surface area contributed by atoms with Crippen LogP contribution in [0, 0.1) is 3.57 Å². The number of rotatable bonds is 4. The highest BCUT2D eigenvalue weighted by molar-refractivity contribution is 14.1. The summed E-state index contributed by atoms with van der Waals surface area (Å²) in [6.07, 6.45) is -4.87. The summed E-state index contributed by atoms with van der Waals surface area (Å²) in [7, 11) is 0. The summed E-state index contributed by atoms with van der Waals surface area (Å²) >= 11 is 4.80. The summed E-state index contributed by atoms with van der Waals surface area (Å²) < 4.78 is 45.4. The van der Waals surface area contributed by atoms with E-state index in [9.17, 15) is 18.0 Å². The molecule has 0 bridgehead atoms. The van der Waals surface area contributed by atoms with Crippen molar-refractivity contribution in [1.82, 2.24) is 4.98 Å². The summed E-state index contributed by atoms with van der Waals surface area (Å²) in [6.45, 7) is 1.69. The van der Waals surface area contributed by atoms with Gasteiger partial charge in [-0.1, -0.05) is 15.9 Å². The minimum Gasteiger partial charge on any atom is -0.461 e. The lowest BCUT2D eigenvalue weighted by molar-refractivity contribution is -0.276. The van der Waals surface area contributed by atoms with Crippen molar-refractivity contribution in [3.63, 3.8) is 0 Å². The average molecular weight is 454 g/mol. The molecule has 1 aromatic heterocycles. The van der Waals surface area contributed by atoms with Crippen LogP contribution in [0.1, 0.15) is 23.0 Å². The maximum atomic E-state index is 12.2. The maximum absolute atomic E-state index is 12.2. The average Bonchev–Trinajstić information content (AvgIpc) is 2.30. The van der Waals surface area contributed by atoms with Crippen LogP contribution in [0.2, 0.25) is 0 Å². The molecule has 106 valence electrons. The third-order valence-electron chi connectivity index (χ3n) is 1.84. The van der Waals surface area contributed by atoms with Gasteiger partial charge in [-0.15, -0.1) is 13.2 Å². The van der Waals surface area contributed by atoms with E-state index in [-0.39, 0.29) is 21.2 Å². The smallest absolute Gasteiger partial charge is 0.461 e. The Labute approximate surface area is 128 Å². The summed E-state index contributed by atoms with van der Waals surface area (Å²) in [5, 5.41) is 0.258. The first-order valence-corrected chi connectivity index (χ1v) is 7.16. The van der Waals surface area contributed by atoms with Gasteiger partial charge in [0.25, 0.3) is 0 Å². The lowest BCUT2D eigenvalue weighted by atomic mass is 10.2. The van der Waals surface area contributed by atoms with Crippen LogP contribution in [-0.2, 0) is 10.1 Å². The van der Waals surface area contributed by atoms with E-state index in [2.05, 4.69) is 25.7 Å². The number of carbonyl (C=O) groups excluding carboxylic acids is 1. The number of hydrogen-bond acceptors (Lipinski definition) is 4. The molecule has 0 spiro atoms. The molecule has 1 aromatic rings. The fourth-order valence-electron chi connectivity index (χ4n) is 1.14. The fourth-order valence-corrected chi connectivity index (χ4v) is 2.68. The molecule has 0 fully saturated rings. The van der Waals surface area contributed by atoms with Crippen LogP contribution < -0.4 is 4.74 Å². The lowest BCUT2D eigenvalue weighted by Gasteiger charge is -2.13. The van der Waals surface area contributed by atoms with Gasteiger partial charge >= 0.3 is 12.3 Å². The molecule has 0 saturated carbocycles. The molecule has 19 heavy (non-hydrogen) atoms. The molecule has 9 heteroatoms. The van der Waals surface area contributed by atoms with Crippen LogP contribution in [0.4, 0.5) is 13.2 Å². The van der Waals surface area contributed by atoms with Crippen LogP contribution in [-0.4, -0.2) is 23.9 Å². The van der Waals surface area contributed by atoms with E-state index in [1.54, 1.807) is 29.5 Å². The van der Waals surface area contributed by atoms with Crippen molar-refractivity contribution >= 4 is 44.5 Å². The Bertz CT molecular complexity index is 482. The van der Waals surface area contributed by atoms with Crippen molar-refractivity contribution < 1.29 is 27.4 Å². The van der Waals surface area contributed by atoms with Gasteiger partial charge in [-0.05, 0) is 41.1 Å². The van der Waals surface area contributed by atoms with Crippen molar-refractivity contribution in [1.29, 1.82) is 0 Å². The molecular weight excluding hydrogens is 446 g/mol. The second kappa shape index (κ2) is 6.73. The van der Waals surface area contributed by atoms with E-state index in [0.717, 1.165) is 0 Å². The minimum atomic E-state index is -4.87. The van der Waals surface area contributed by atoms with Gasteiger partial charge < -0.3 is 9.47 Å². The molecule has 0 atom stereocenters. The van der Waals surface area contributed by atoms with Crippen LogP contribution in [0.5, 0.6) is 5.88 Å². The van der Waals surface area contributed by atoms with Crippen LogP contribution in [0.25, 0.3) is 0 Å². The molecule has 0 radical (unpaired) electrons. The van der Waals surface area contributed by atoms with Gasteiger partial charge in [-0.3, -0.25) is 0 Å². The number of esters is 1. The third-order valence-corrected chi connectivity index (χ3v) is 3.60. The molecule has 0 amide bonds. The molecule has 0 aliphatic rings. The molecular formula is C10H8BrF3INO3. The Morgan fingerprint density at radius 1 is 1.53 bits per heavy atom. The van der Waals surface area contributed by atoms with E-state index < -0.39 is 18.2 Å². The molecule has 0 unspecified atom stereocenters. The first kappa shape index (κ1) is 16.5. The predicted molar refractivity (Wildman–Crippen MR) is 72.2 cm³/mol. The number of halogens is 5. The van der Waals surface area contributed by atoms with E-state index in [1.165, 1.54) is 6.07 Å². The number of pyridine rings is 1. The highest BCUT2D eigenvalue weighted by Gasteiger charge is 2.33. The number of ether oxygens (including phenoxy) is 2. The zero-order valence-electron chi connectivity index (χ0n) is 9.55. The molecule has 4 nitrogen and oxygen atoms in total. The van der Waals surface area contributed by atoms with Gasteiger partial charge in [-0.25, -0.2) is 9.78 Å². The molecule has 0 N–H and O–H groups in total. The highest BCUT2D eigenvalue weighted by Crippen LogP contribution is 2.30. The van der Waals surface area contributed by atoms with Crippen LogP contribution in [0.15, 0.2) is 6.07 Å². The molecule has 0 aliphatic carbocycles. The van der Waals surface area contributed by atoms with Crippen molar-refractivity contribution in [3.05, 3.63) is 20.9 Å². The molecule has 0 aliphatic heterocycles. The summed E-state index contributed by atoms with van der Waals surface area (Å²) in [5.41, 5.74) is 0.230. The Morgan fingerprint density at radius 3 is 2.63 bits per heavy atom. The van der Waals surface area contributed by atoms with Crippen molar-refractivity contribution in [3.8, 4) is 5.88 Å². The summed E-state index contributed by atoms with van der Waals surface area (Å²) in [5.74, 6) is -1.46. The standard InChI is InChI=1S/C10H8BrF3INO3/c1-2-18-9(17)6-3-5(4-11)7(15)8(16-6)19-10(12,13)14/h3H,2,4H2,1H3. The first-order chi connectivity index (χ1) is 8.78. The molecule has 0 aromatic carbocycles. The molecule has 0 saturated heterocycles. The topological polar surface area (TPSA) is 48.4 Å². The summed E-state index contributed by atoms with van der Waals surface area (Å²) in [6, 6.07) is 1.36. The second-order valence-corrected chi connectivity index (χ2v) is 4.83. The third kappa shape index (κ3) is 4.79. The van der Waals surface area contributed by atoms with E-state index >= 15 is 0 Å². The summed E-state index contributed by atoms with van der Waals surface area (Å²) in [4.78, 5) is 15.0. The number of hydrogen-bond donors (Lipinski definition) is 0. The SMILES string of the molecule is CCOC(=O)c1cc(CBr)c(I)c(OC(F)(F)F)n1. The van der Waals surface area contributed by atoms with Crippen LogP contribution in [0.3, 0.4) is 0 Å². The normalized spacial score (nSPS) is 11.3. The van der Waals surface area contributed by atoms with Crippen molar-refractivity contribution in [2.75, 3.05) is 6.61 Å². The number of alkyl halides is 4. The number of carbonyl (C=O) groups is 1. The van der Waals surface area contributed by atoms with Gasteiger partial charge in [-0.2, -0.15) is 0 Å². The van der Waals surface area contributed by atoms with Crippen molar-refractivity contribution in [2.24, 2.45) is 0 Å². The van der Waals surface area contributed by atoms with E-state index in [1.807, 2.05) is 0 Å². The van der Waals surface area contributed by atoms with Gasteiger partial charge in [0.15, 0.2) is 5.69 Å². The van der Waals surface area contributed by atoms with Gasteiger partial charge in [0.2, 0.25) is 5.88 Å². The lowest BCUT2D eigenvalue weighted by Crippen LogP contribution is -2.20. The van der Waals surface area contributed by atoms with Gasteiger partial charge in [0.05, 0.1) is 10.2 Å². The molecule has 1 rings (SSSR count). The maximum Gasteiger partial charge on any atom is 0.574 e. The first-order valence-electron chi connectivity index (χ1n) is 4.96.